The lowest BCUT2D eigenvalue weighted by Crippen LogP contribution is -2.31. The molecule has 0 aliphatic carbocycles. The highest BCUT2D eigenvalue weighted by Crippen LogP contribution is 2.11. The van der Waals surface area contributed by atoms with Gasteiger partial charge in [0.25, 0.3) is 0 Å². The highest BCUT2D eigenvalue weighted by atomic mass is 14.9. The molecule has 0 aliphatic rings. The molecule has 1 aromatic rings. The van der Waals surface area contributed by atoms with Crippen LogP contribution in [0.5, 0.6) is 0 Å². The van der Waals surface area contributed by atoms with E-state index < -0.39 is 0 Å². The minimum atomic E-state index is 0.656. The molecule has 0 spiro atoms. The van der Waals surface area contributed by atoms with Crippen LogP contribution in [0.2, 0.25) is 0 Å². The first kappa shape index (κ1) is 14.2. The fourth-order valence-electron chi connectivity index (χ4n) is 2.11. The minimum Gasteiger partial charge on any atom is -0.314 e. The quantitative estimate of drug-likeness (QED) is 0.745. The summed E-state index contributed by atoms with van der Waals surface area (Å²) in [7, 11) is 0. The first-order valence-electron chi connectivity index (χ1n) is 6.84. The lowest BCUT2D eigenvalue weighted by Gasteiger charge is -2.20. The molecule has 1 unspecified atom stereocenters. The zero-order valence-corrected chi connectivity index (χ0v) is 11.4. The fraction of sp³-hybridized carbons (Fsp3) is 0.667. The SMILES string of the molecule is CCCNC(CCc1ccncc1)CC(C)C. The summed E-state index contributed by atoms with van der Waals surface area (Å²) in [5.74, 6) is 0.766. The van der Waals surface area contributed by atoms with Crippen LogP contribution in [-0.2, 0) is 6.42 Å². The summed E-state index contributed by atoms with van der Waals surface area (Å²) in [6, 6.07) is 4.89. The molecular weight excluding hydrogens is 208 g/mol. The third-order valence-corrected chi connectivity index (χ3v) is 2.97. The minimum absolute atomic E-state index is 0.656. The molecule has 1 rings (SSSR count). The van der Waals surface area contributed by atoms with Gasteiger partial charge in [0.2, 0.25) is 0 Å². The molecule has 0 saturated carbocycles. The van der Waals surface area contributed by atoms with Gasteiger partial charge in [0.15, 0.2) is 0 Å². The number of nitrogens with zero attached hydrogens (tertiary/aromatic N) is 1. The van der Waals surface area contributed by atoms with Crippen molar-refractivity contribution in [3.05, 3.63) is 30.1 Å². The van der Waals surface area contributed by atoms with Gasteiger partial charge in [-0.15, -0.1) is 0 Å². The van der Waals surface area contributed by atoms with Crippen LogP contribution in [0, 0.1) is 5.92 Å². The van der Waals surface area contributed by atoms with Gasteiger partial charge < -0.3 is 5.32 Å². The average molecular weight is 234 g/mol. The van der Waals surface area contributed by atoms with E-state index >= 15 is 0 Å². The van der Waals surface area contributed by atoms with Crippen molar-refractivity contribution in [2.45, 2.75) is 52.5 Å². The zero-order valence-electron chi connectivity index (χ0n) is 11.4. The number of hydrogen-bond acceptors (Lipinski definition) is 2. The second-order valence-corrected chi connectivity index (χ2v) is 5.17. The Morgan fingerprint density at radius 2 is 1.94 bits per heavy atom. The molecule has 1 N–H and O–H groups in total. The molecule has 0 bridgehead atoms. The van der Waals surface area contributed by atoms with Gasteiger partial charge >= 0.3 is 0 Å². The Morgan fingerprint density at radius 1 is 1.24 bits per heavy atom. The molecule has 0 saturated heterocycles. The van der Waals surface area contributed by atoms with Gasteiger partial charge in [0.1, 0.15) is 0 Å². The zero-order chi connectivity index (χ0) is 12.5. The third-order valence-electron chi connectivity index (χ3n) is 2.97. The van der Waals surface area contributed by atoms with Crippen LogP contribution in [0.1, 0.15) is 45.6 Å². The molecule has 0 radical (unpaired) electrons. The Labute approximate surface area is 106 Å². The lowest BCUT2D eigenvalue weighted by molar-refractivity contribution is 0.398. The summed E-state index contributed by atoms with van der Waals surface area (Å²) >= 11 is 0. The number of nitrogens with one attached hydrogen (secondary N) is 1. The molecule has 96 valence electrons. The number of hydrogen-bond donors (Lipinski definition) is 1. The van der Waals surface area contributed by atoms with Crippen LogP contribution in [-0.4, -0.2) is 17.6 Å². The predicted octanol–water partition coefficient (Wildman–Crippen LogP) is 3.43. The second kappa shape index (κ2) is 8.24. The van der Waals surface area contributed by atoms with Crippen LogP contribution in [0.3, 0.4) is 0 Å². The highest BCUT2D eigenvalue weighted by Gasteiger charge is 2.09. The van der Waals surface area contributed by atoms with Crippen molar-refractivity contribution < 1.29 is 0 Å². The van der Waals surface area contributed by atoms with E-state index in [1.165, 1.54) is 24.8 Å². The topological polar surface area (TPSA) is 24.9 Å². The molecule has 1 heterocycles. The average Bonchev–Trinajstić information content (AvgIpc) is 2.33. The maximum Gasteiger partial charge on any atom is 0.0270 e. The van der Waals surface area contributed by atoms with Crippen LogP contribution in [0.4, 0.5) is 0 Å². The monoisotopic (exact) mass is 234 g/mol. The molecule has 1 aromatic heterocycles. The molecule has 0 fully saturated rings. The molecule has 1 atom stereocenters. The molecule has 0 aromatic carbocycles. The van der Waals surface area contributed by atoms with E-state index in [-0.39, 0.29) is 0 Å². The molecular formula is C15H26N2. The van der Waals surface area contributed by atoms with Gasteiger partial charge in [-0.25, -0.2) is 0 Å². The van der Waals surface area contributed by atoms with Crippen molar-refractivity contribution >= 4 is 0 Å². The molecule has 0 amide bonds. The first-order valence-corrected chi connectivity index (χ1v) is 6.84. The molecule has 2 nitrogen and oxygen atoms in total. The van der Waals surface area contributed by atoms with E-state index in [9.17, 15) is 0 Å². The third kappa shape index (κ3) is 6.42. The number of aromatic nitrogens is 1. The summed E-state index contributed by atoms with van der Waals surface area (Å²) in [5.41, 5.74) is 1.40. The summed E-state index contributed by atoms with van der Waals surface area (Å²) in [4.78, 5) is 4.05. The summed E-state index contributed by atoms with van der Waals surface area (Å²) < 4.78 is 0. The largest absolute Gasteiger partial charge is 0.314 e. The Kier molecular flexibility index (Phi) is 6.87. The Hall–Kier alpha value is -0.890. The molecule has 0 aliphatic heterocycles. The standard InChI is InChI=1S/C15H26N2/c1-4-9-17-15(12-13(2)3)6-5-14-7-10-16-11-8-14/h7-8,10-11,13,15,17H,4-6,9,12H2,1-3H3. The van der Waals surface area contributed by atoms with Crippen molar-refractivity contribution in [3.8, 4) is 0 Å². The fourth-order valence-corrected chi connectivity index (χ4v) is 2.11. The first-order chi connectivity index (χ1) is 8.22. The molecule has 17 heavy (non-hydrogen) atoms. The summed E-state index contributed by atoms with van der Waals surface area (Å²) in [5, 5.41) is 3.66. The van der Waals surface area contributed by atoms with E-state index in [1.807, 2.05) is 12.4 Å². The van der Waals surface area contributed by atoms with Gasteiger partial charge in [0, 0.05) is 18.4 Å². The van der Waals surface area contributed by atoms with Gasteiger partial charge in [-0.1, -0.05) is 20.8 Å². The van der Waals surface area contributed by atoms with Crippen LogP contribution in [0.15, 0.2) is 24.5 Å². The highest BCUT2D eigenvalue weighted by molar-refractivity contribution is 5.09. The van der Waals surface area contributed by atoms with Crippen molar-refractivity contribution in [2.75, 3.05) is 6.54 Å². The van der Waals surface area contributed by atoms with Gasteiger partial charge in [-0.2, -0.15) is 0 Å². The maximum atomic E-state index is 4.05. The van der Waals surface area contributed by atoms with Crippen molar-refractivity contribution in [1.82, 2.24) is 10.3 Å². The van der Waals surface area contributed by atoms with Gasteiger partial charge in [-0.3, -0.25) is 4.98 Å². The normalized spacial score (nSPS) is 12.9. The van der Waals surface area contributed by atoms with Crippen molar-refractivity contribution in [1.29, 1.82) is 0 Å². The van der Waals surface area contributed by atoms with E-state index in [0.717, 1.165) is 18.9 Å². The smallest absolute Gasteiger partial charge is 0.0270 e. The van der Waals surface area contributed by atoms with Gasteiger partial charge in [-0.05, 0) is 55.8 Å². The molecule has 2 heteroatoms. The second-order valence-electron chi connectivity index (χ2n) is 5.17. The van der Waals surface area contributed by atoms with Crippen molar-refractivity contribution in [3.63, 3.8) is 0 Å². The number of aryl methyl sites for hydroxylation is 1. The van der Waals surface area contributed by atoms with Crippen LogP contribution in [0.25, 0.3) is 0 Å². The van der Waals surface area contributed by atoms with E-state index in [1.54, 1.807) is 0 Å². The van der Waals surface area contributed by atoms with E-state index in [2.05, 4.69) is 43.2 Å². The van der Waals surface area contributed by atoms with E-state index in [0.29, 0.717) is 6.04 Å². The lowest BCUT2D eigenvalue weighted by atomic mass is 9.97. The predicted molar refractivity (Wildman–Crippen MR) is 74.1 cm³/mol. The van der Waals surface area contributed by atoms with Crippen LogP contribution < -0.4 is 5.32 Å². The number of rotatable bonds is 8. The van der Waals surface area contributed by atoms with E-state index in [4.69, 9.17) is 0 Å². The Bertz CT molecular complexity index is 282. The Balaban J connectivity index is 2.37. The Morgan fingerprint density at radius 3 is 2.53 bits per heavy atom. The van der Waals surface area contributed by atoms with Crippen molar-refractivity contribution in [2.24, 2.45) is 5.92 Å². The van der Waals surface area contributed by atoms with Crippen LogP contribution >= 0.6 is 0 Å². The maximum absolute atomic E-state index is 4.05. The summed E-state index contributed by atoms with van der Waals surface area (Å²) in [6.45, 7) is 7.95. The van der Waals surface area contributed by atoms with Gasteiger partial charge in [0.05, 0.1) is 0 Å². The number of pyridine rings is 1. The summed E-state index contributed by atoms with van der Waals surface area (Å²) in [6.07, 6.45) is 8.62.